The summed E-state index contributed by atoms with van der Waals surface area (Å²) < 4.78 is 0. The Balaban J connectivity index is 1.55. The van der Waals surface area contributed by atoms with Crippen molar-refractivity contribution in [2.45, 2.75) is 19.8 Å². The Kier molecular flexibility index (Phi) is 5.43. The average Bonchev–Trinajstić information content (AvgIpc) is 3.09. The van der Waals surface area contributed by atoms with Gasteiger partial charge in [-0.2, -0.15) is 0 Å². The third-order valence-corrected chi connectivity index (χ3v) is 4.60. The van der Waals surface area contributed by atoms with E-state index in [9.17, 15) is 14.7 Å². The number of aromatic hydroxyl groups is 1. The summed E-state index contributed by atoms with van der Waals surface area (Å²) in [5, 5.41) is 14.5. The van der Waals surface area contributed by atoms with Gasteiger partial charge in [-0.1, -0.05) is 42.0 Å². The van der Waals surface area contributed by atoms with Gasteiger partial charge in [-0.3, -0.25) is 9.59 Å². The van der Waals surface area contributed by atoms with Gasteiger partial charge in [0.2, 0.25) is 5.91 Å². The molecule has 0 unspecified atom stereocenters. The predicted octanol–water partition coefficient (Wildman–Crippen LogP) is 4.43. The number of nitrogens with one attached hydrogen (secondary N) is 1. The van der Waals surface area contributed by atoms with E-state index in [1.165, 1.54) is 11.3 Å². The molecule has 0 aliphatic carbocycles. The van der Waals surface area contributed by atoms with E-state index in [-0.39, 0.29) is 30.3 Å². The molecule has 2 N–H and O–H groups in total. The number of phenolic OH excluding ortho intramolecular Hbond substituents is 1. The summed E-state index contributed by atoms with van der Waals surface area (Å²) in [7, 11) is 0. The van der Waals surface area contributed by atoms with Crippen LogP contribution in [-0.4, -0.2) is 21.8 Å². The minimum atomic E-state index is -0.248. The third kappa shape index (κ3) is 4.55. The van der Waals surface area contributed by atoms with Crippen molar-refractivity contribution in [2.75, 3.05) is 5.32 Å². The molecule has 0 aliphatic heterocycles. The van der Waals surface area contributed by atoms with Gasteiger partial charge in [-0.15, -0.1) is 11.3 Å². The lowest BCUT2D eigenvalue weighted by atomic mass is 10.1. The van der Waals surface area contributed by atoms with Crippen molar-refractivity contribution in [3.8, 4) is 17.0 Å². The molecule has 2 aromatic carbocycles. The standard InChI is InChI=1S/C20H18N2O3S/c1-13-5-7-14(8-6-13)18(24)9-10-19(25)22-20-21-17(12-26-20)15-3-2-4-16(23)11-15/h2-8,11-12,23H,9-10H2,1H3,(H,21,22,25). The molecule has 0 aliphatic rings. The fraction of sp³-hybridized carbons (Fsp3) is 0.150. The summed E-state index contributed by atoms with van der Waals surface area (Å²) in [6.45, 7) is 1.96. The number of Topliss-reactive ketones (excluding diaryl/α,β-unsaturated/α-hetero) is 1. The number of hydrogen-bond donors (Lipinski definition) is 2. The molecule has 1 amide bonds. The number of phenols is 1. The highest BCUT2D eigenvalue weighted by Crippen LogP contribution is 2.27. The lowest BCUT2D eigenvalue weighted by Crippen LogP contribution is -2.13. The summed E-state index contributed by atoms with van der Waals surface area (Å²) in [4.78, 5) is 28.5. The van der Waals surface area contributed by atoms with Crippen LogP contribution in [0.15, 0.2) is 53.9 Å². The Hall–Kier alpha value is -2.99. The number of benzene rings is 2. The molecule has 0 saturated heterocycles. The second-order valence-electron chi connectivity index (χ2n) is 5.93. The van der Waals surface area contributed by atoms with Crippen molar-refractivity contribution >= 4 is 28.2 Å². The summed E-state index contributed by atoms with van der Waals surface area (Å²) in [5.41, 5.74) is 3.16. The van der Waals surface area contributed by atoms with E-state index in [0.717, 1.165) is 11.1 Å². The quantitative estimate of drug-likeness (QED) is 0.633. The van der Waals surface area contributed by atoms with Gasteiger partial charge in [0.25, 0.3) is 0 Å². The Morgan fingerprint density at radius 1 is 1.12 bits per heavy atom. The number of nitrogens with zero attached hydrogens (tertiary/aromatic N) is 1. The van der Waals surface area contributed by atoms with E-state index in [2.05, 4.69) is 10.3 Å². The zero-order valence-corrected chi connectivity index (χ0v) is 15.0. The number of aryl methyl sites for hydroxylation is 1. The highest BCUT2D eigenvalue weighted by Gasteiger charge is 2.12. The summed E-state index contributed by atoms with van der Waals surface area (Å²) >= 11 is 1.30. The Bertz CT molecular complexity index is 932. The van der Waals surface area contributed by atoms with Crippen LogP contribution in [0.25, 0.3) is 11.3 Å². The highest BCUT2D eigenvalue weighted by atomic mass is 32.1. The largest absolute Gasteiger partial charge is 0.508 e. The minimum Gasteiger partial charge on any atom is -0.508 e. The molecule has 26 heavy (non-hydrogen) atoms. The zero-order chi connectivity index (χ0) is 18.5. The highest BCUT2D eigenvalue weighted by molar-refractivity contribution is 7.14. The van der Waals surface area contributed by atoms with Crippen molar-refractivity contribution in [1.29, 1.82) is 0 Å². The first-order valence-corrected chi connectivity index (χ1v) is 9.04. The van der Waals surface area contributed by atoms with Crippen LogP contribution in [0.4, 0.5) is 5.13 Å². The van der Waals surface area contributed by atoms with Crippen LogP contribution < -0.4 is 5.32 Å². The molecule has 1 heterocycles. The van der Waals surface area contributed by atoms with Gasteiger partial charge in [0.1, 0.15) is 5.75 Å². The third-order valence-electron chi connectivity index (χ3n) is 3.85. The molecule has 5 nitrogen and oxygen atoms in total. The second kappa shape index (κ2) is 7.93. The van der Waals surface area contributed by atoms with E-state index in [4.69, 9.17) is 0 Å². The summed E-state index contributed by atoms with van der Waals surface area (Å²) in [6.07, 6.45) is 0.257. The van der Waals surface area contributed by atoms with Crippen LogP contribution in [0.1, 0.15) is 28.8 Å². The zero-order valence-electron chi connectivity index (χ0n) is 14.2. The maximum atomic E-state index is 12.1. The smallest absolute Gasteiger partial charge is 0.226 e. The molecule has 0 bridgehead atoms. The van der Waals surface area contributed by atoms with E-state index in [1.54, 1.807) is 30.3 Å². The fourth-order valence-electron chi connectivity index (χ4n) is 2.42. The van der Waals surface area contributed by atoms with Crippen LogP contribution in [0.3, 0.4) is 0 Å². The van der Waals surface area contributed by atoms with Gasteiger partial charge >= 0.3 is 0 Å². The minimum absolute atomic E-state index is 0.0558. The first kappa shape index (κ1) is 17.8. The topological polar surface area (TPSA) is 79.3 Å². The summed E-state index contributed by atoms with van der Waals surface area (Å²) in [5.74, 6) is -0.141. The van der Waals surface area contributed by atoms with Crippen molar-refractivity contribution in [3.63, 3.8) is 0 Å². The Labute approximate surface area is 155 Å². The van der Waals surface area contributed by atoms with Crippen molar-refractivity contribution in [1.82, 2.24) is 4.98 Å². The maximum absolute atomic E-state index is 12.1. The second-order valence-corrected chi connectivity index (χ2v) is 6.78. The number of hydrogen-bond acceptors (Lipinski definition) is 5. The van der Waals surface area contributed by atoms with E-state index >= 15 is 0 Å². The molecule has 132 valence electrons. The molecule has 0 atom stereocenters. The van der Waals surface area contributed by atoms with E-state index in [0.29, 0.717) is 16.4 Å². The molecule has 0 spiro atoms. The monoisotopic (exact) mass is 366 g/mol. The number of amides is 1. The SMILES string of the molecule is Cc1ccc(C(=O)CCC(=O)Nc2nc(-c3cccc(O)c3)cs2)cc1. The number of carbonyl (C=O) groups excluding carboxylic acids is 2. The number of thiazole rings is 1. The molecule has 0 fully saturated rings. The average molecular weight is 366 g/mol. The Morgan fingerprint density at radius 3 is 2.62 bits per heavy atom. The van der Waals surface area contributed by atoms with Crippen LogP contribution >= 0.6 is 11.3 Å². The Morgan fingerprint density at radius 2 is 1.88 bits per heavy atom. The summed E-state index contributed by atoms with van der Waals surface area (Å²) in [6, 6.07) is 14.1. The maximum Gasteiger partial charge on any atom is 0.226 e. The predicted molar refractivity (Wildman–Crippen MR) is 103 cm³/mol. The molecular formula is C20H18N2O3S. The van der Waals surface area contributed by atoms with Crippen LogP contribution in [-0.2, 0) is 4.79 Å². The van der Waals surface area contributed by atoms with Gasteiger partial charge in [0.05, 0.1) is 5.69 Å². The first-order chi connectivity index (χ1) is 12.5. The number of anilines is 1. The number of rotatable bonds is 6. The fourth-order valence-corrected chi connectivity index (χ4v) is 3.16. The molecule has 3 rings (SSSR count). The number of aromatic nitrogens is 1. The normalized spacial score (nSPS) is 10.5. The van der Waals surface area contributed by atoms with E-state index < -0.39 is 0 Å². The molecule has 1 aromatic heterocycles. The van der Waals surface area contributed by atoms with Crippen molar-refractivity contribution in [2.24, 2.45) is 0 Å². The van der Waals surface area contributed by atoms with E-state index in [1.807, 2.05) is 30.5 Å². The molecule has 3 aromatic rings. The van der Waals surface area contributed by atoms with Gasteiger partial charge in [-0.25, -0.2) is 4.98 Å². The van der Waals surface area contributed by atoms with Gasteiger partial charge in [0, 0.05) is 29.3 Å². The van der Waals surface area contributed by atoms with Crippen molar-refractivity contribution in [3.05, 3.63) is 65.0 Å². The number of carbonyl (C=O) groups is 2. The van der Waals surface area contributed by atoms with Crippen LogP contribution in [0.5, 0.6) is 5.75 Å². The lowest BCUT2D eigenvalue weighted by molar-refractivity contribution is -0.116. The molecule has 6 heteroatoms. The lowest BCUT2D eigenvalue weighted by Gasteiger charge is -2.03. The van der Waals surface area contributed by atoms with Crippen molar-refractivity contribution < 1.29 is 14.7 Å². The first-order valence-electron chi connectivity index (χ1n) is 8.16. The van der Waals surface area contributed by atoms with Gasteiger partial charge < -0.3 is 10.4 Å². The van der Waals surface area contributed by atoms with Gasteiger partial charge in [0.15, 0.2) is 10.9 Å². The van der Waals surface area contributed by atoms with Crippen LogP contribution in [0, 0.1) is 6.92 Å². The molecular weight excluding hydrogens is 348 g/mol. The van der Waals surface area contributed by atoms with Crippen LogP contribution in [0.2, 0.25) is 0 Å². The van der Waals surface area contributed by atoms with Gasteiger partial charge in [-0.05, 0) is 19.1 Å². The number of ketones is 1. The molecule has 0 radical (unpaired) electrons. The molecule has 0 saturated carbocycles.